The number of anilines is 1. The van der Waals surface area contributed by atoms with Crippen molar-refractivity contribution >= 4 is 21.6 Å². The second-order valence-electron chi connectivity index (χ2n) is 3.88. The fourth-order valence-electron chi connectivity index (χ4n) is 1.22. The van der Waals surface area contributed by atoms with Gasteiger partial charge in [-0.1, -0.05) is 6.58 Å². The van der Waals surface area contributed by atoms with E-state index in [1.807, 2.05) is 0 Å². The average molecular weight is 284 g/mol. The van der Waals surface area contributed by atoms with Crippen LogP contribution < -0.4 is 10.0 Å². The van der Waals surface area contributed by atoms with Crippen LogP contribution in [-0.4, -0.2) is 32.6 Å². The monoisotopic (exact) mass is 284 g/mol. The summed E-state index contributed by atoms with van der Waals surface area (Å²) in [6, 6.07) is 5.70. The molecule has 7 heteroatoms. The van der Waals surface area contributed by atoms with Crippen LogP contribution in [0.25, 0.3) is 0 Å². The highest BCUT2D eigenvalue weighted by molar-refractivity contribution is 7.89. The van der Waals surface area contributed by atoms with E-state index in [0.717, 1.165) is 0 Å². The van der Waals surface area contributed by atoms with E-state index in [1.165, 1.54) is 24.3 Å². The molecule has 1 aromatic carbocycles. The zero-order valence-corrected chi connectivity index (χ0v) is 11.3. The van der Waals surface area contributed by atoms with Gasteiger partial charge in [0.2, 0.25) is 10.0 Å². The number of sulfonamides is 1. The van der Waals surface area contributed by atoms with Gasteiger partial charge in [0.05, 0.1) is 11.5 Å². The Labute approximate surface area is 112 Å². The number of hydrogen-bond acceptors (Lipinski definition) is 4. The summed E-state index contributed by atoms with van der Waals surface area (Å²) in [5, 5.41) is 11.2. The van der Waals surface area contributed by atoms with Crippen LogP contribution >= 0.6 is 0 Å². The Balaban J connectivity index is 2.82. The second-order valence-corrected chi connectivity index (χ2v) is 5.65. The first-order valence-corrected chi connectivity index (χ1v) is 7.02. The van der Waals surface area contributed by atoms with Gasteiger partial charge in [-0.25, -0.2) is 13.1 Å². The number of aliphatic hydroxyl groups excluding tert-OH is 1. The summed E-state index contributed by atoms with van der Waals surface area (Å²) >= 11 is 0. The van der Waals surface area contributed by atoms with Gasteiger partial charge in [0, 0.05) is 17.8 Å². The highest BCUT2D eigenvalue weighted by Crippen LogP contribution is 2.14. The molecule has 104 valence electrons. The Morgan fingerprint density at radius 1 is 1.32 bits per heavy atom. The lowest BCUT2D eigenvalue weighted by Gasteiger charge is -2.07. The predicted molar refractivity (Wildman–Crippen MR) is 72.2 cm³/mol. The summed E-state index contributed by atoms with van der Waals surface area (Å²) in [5.74, 6) is -0.325. The second kappa shape index (κ2) is 6.46. The third-order valence-electron chi connectivity index (χ3n) is 2.21. The van der Waals surface area contributed by atoms with Gasteiger partial charge in [-0.3, -0.25) is 4.79 Å². The van der Waals surface area contributed by atoms with Gasteiger partial charge in [0.1, 0.15) is 0 Å². The van der Waals surface area contributed by atoms with Crippen molar-refractivity contribution in [3.05, 3.63) is 36.4 Å². The number of nitrogens with one attached hydrogen (secondary N) is 2. The molecule has 0 saturated carbocycles. The van der Waals surface area contributed by atoms with E-state index in [0.29, 0.717) is 11.3 Å². The smallest absolute Gasteiger partial charge is 0.250 e. The molecule has 0 saturated heterocycles. The molecule has 0 radical (unpaired) electrons. The minimum atomic E-state index is -3.62. The standard InChI is InChI=1S/C12H16N2O4S/c1-9(2)12(16)14-10-3-5-11(6-4-10)19(17,18)13-7-8-15/h3-6,13,15H,1,7-8H2,2H3,(H,14,16). The lowest BCUT2D eigenvalue weighted by Crippen LogP contribution is -2.26. The van der Waals surface area contributed by atoms with Gasteiger partial charge in [-0.05, 0) is 31.2 Å². The van der Waals surface area contributed by atoms with Crippen molar-refractivity contribution in [2.75, 3.05) is 18.5 Å². The topological polar surface area (TPSA) is 95.5 Å². The Morgan fingerprint density at radius 2 is 1.89 bits per heavy atom. The maximum absolute atomic E-state index is 11.7. The van der Waals surface area contributed by atoms with E-state index in [1.54, 1.807) is 6.92 Å². The maximum atomic E-state index is 11.7. The van der Waals surface area contributed by atoms with Crippen LogP contribution in [0, 0.1) is 0 Å². The third kappa shape index (κ3) is 4.47. The van der Waals surface area contributed by atoms with Crippen molar-refractivity contribution in [3.8, 4) is 0 Å². The minimum absolute atomic E-state index is 0.0452. The molecule has 0 aromatic heterocycles. The van der Waals surface area contributed by atoms with Gasteiger partial charge in [-0.2, -0.15) is 0 Å². The summed E-state index contributed by atoms with van der Waals surface area (Å²) in [7, 11) is -3.62. The van der Waals surface area contributed by atoms with E-state index in [4.69, 9.17) is 5.11 Å². The molecule has 3 N–H and O–H groups in total. The van der Waals surface area contributed by atoms with E-state index >= 15 is 0 Å². The molecule has 0 unspecified atom stereocenters. The molecular weight excluding hydrogens is 268 g/mol. The summed E-state index contributed by atoms with van der Waals surface area (Å²) in [5.41, 5.74) is 0.843. The van der Waals surface area contributed by atoms with Crippen LogP contribution in [0.1, 0.15) is 6.92 Å². The SMILES string of the molecule is C=C(C)C(=O)Nc1ccc(S(=O)(=O)NCCO)cc1. The molecule has 0 aliphatic rings. The lowest BCUT2D eigenvalue weighted by molar-refractivity contribution is -0.112. The molecule has 1 rings (SSSR count). The maximum Gasteiger partial charge on any atom is 0.250 e. The molecule has 1 aromatic rings. The molecule has 0 fully saturated rings. The summed E-state index contributed by atoms with van der Waals surface area (Å²) in [4.78, 5) is 11.4. The first kappa shape index (κ1) is 15.4. The van der Waals surface area contributed by atoms with Crippen molar-refractivity contribution in [2.45, 2.75) is 11.8 Å². The van der Waals surface area contributed by atoms with Crippen molar-refractivity contribution < 1.29 is 18.3 Å². The summed E-state index contributed by atoms with van der Waals surface area (Å²) in [6.07, 6.45) is 0. The van der Waals surface area contributed by atoms with Gasteiger partial charge in [0.15, 0.2) is 0 Å². The Kier molecular flexibility index (Phi) is 5.22. The van der Waals surface area contributed by atoms with E-state index in [-0.39, 0.29) is 24.0 Å². The first-order valence-electron chi connectivity index (χ1n) is 5.54. The zero-order valence-electron chi connectivity index (χ0n) is 10.5. The molecule has 6 nitrogen and oxygen atoms in total. The molecule has 0 spiro atoms. The third-order valence-corrected chi connectivity index (χ3v) is 3.69. The van der Waals surface area contributed by atoms with Gasteiger partial charge >= 0.3 is 0 Å². The van der Waals surface area contributed by atoms with E-state index in [9.17, 15) is 13.2 Å². The Hall–Kier alpha value is -1.70. The van der Waals surface area contributed by atoms with Gasteiger partial charge in [-0.15, -0.1) is 0 Å². The highest BCUT2D eigenvalue weighted by atomic mass is 32.2. The molecule has 0 aliphatic carbocycles. The molecule has 1 amide bonds. The number of rotatable bonds is 6. The molecular formula is C12H16N2O4S. The van der Waals surface area contributed by atoms with Crippen molar-refractivity contribution in [2.24, 2.45) is 0 Å². The molecule has 0 atom stereocenters. The molecule has 0 heterocycles. The van der Waals surface area contributed by atoms with Crippen molar-refractivity contribution in [3.63, 3.8) is 0 Å². The van der Waals surface area contributed by atoms with Crippen LogP contribution in [0.2, 0.25) is 0 Å². The van der Waals surface area contributed by atoms with Crippen LogP contribution in [-0.2, 0) is 14.8 Å². The van der Waals surface area contributed by atoms with E-state index in [2.05, 4.69) is 16.6 Å². The average Bonchev–Trinajstić information content (AvgIpc) is 2.37. The Morgan fingerprint density at radius 3 is 2.37 bits per heavy atom. The number of carbonyl (C=O) groups is 1. The fraction of sp³-hybridized carbons (Fsp3) is 0.250. The van der Waals surface area contributed by atoms with Crippen LogP contribution in [0.15, 0.2) is 41.3 Å². The largest absolute Gasteiger partial charge is 0.395 e. The van der Waals surface area contributed by atoms with Crippen LogP contribution in [0.3, 0.4) is 0 Å². The number of carbonyl (C=O) groups excluding carboxylic acids is 1. The predicted octanol–water partition coefficient (Wildman–Crippen LogP) is 0.472. The summed E-state index contributed by atoms with van der Waals surface area (Å²) < 4.78 is 25.6. The highest BCUT2D eigenvalue weighted by Gasteiger charge is 2.13. The lowest BCUT2D eigenvalue weighted by atomic mass is 10.3. The number of hydrogen-bond donors (Lipinski definition) is 3. The van der Waals surface area contributed by atoms with Crippen molar-refractivity contribution in [1.29, 1.82) is 0 Å². The van der Waals surface area contributed by atoms with Crippen LogP contribution in [0.5, 0.6) is 0 Å². The quantitative estimate of drug-likeness (QED) is 0.662. The molecule has 0 aliphatic heterocycles. The van der Waals surface area contributed by atoms with Crippen molar-refractivity contribution in [1.82, 2.24) is 4.72 Å². The van der Waals surface area contributed by atoms with Crippen LogP contribution in [0.4, 0.5) is 5.69 Å². The Bertz CT molecular complexity index is 564. The number of amides is 1. The molecule has 0 bridgehead atoms. The number of benzene rings is 1. The zero-order chi connectivity index (χ0) is 14.5. The summed E-state index contributed by atoms with van der Waals surface area (Å²) in [6.45, 7) is 4.76. The fourth-order valence-corrected chi connectivity index (χ4v) is 2.24. The molecule has 19 heavy (non-hydrogen) atoms. The number of aliphatic hydroxyl groups is 1. The normalized spacial score (nSPS) is 11.1. The first-order chi connectivity index (χ1) is 8.86. The van der Waals surface area contributed by atoms with Gasteiger partial charge < -0.3 is 10.4 Å². The van der Waals surface area contributed by atoms with Gasteiger partial charge in [0.25, 0.3) is 5.91 Å². The minimum Gasteiger partial charge on any atom is -0.395 e. The van der Waals surface area contributed by atoms with E-state index < -0.39 is 10.0 Å².